The zero-order valence-corrected chi connectivity index (χ0v) is 11.3. The molecule has 0 radical (unpaired) electrons. The maximum absolute atomic E-state index is 12.2. The number of amides is 1. The summed E-state index contributed by atoms with van der Waals surface area (Å²) in [6.07, 6.45) is 9.96. The van der Waals surface area contributed by atoms with Gasteiger partial charge in [0.1, 0.15) is 0 Å². The van der Waals surface area contributed by atoms with Gasteiger partial charge in [-0.15, -0.1) is 0 Å². The summed E-state index contributed by atoms with van der Waals surface area (Å²) in [5, 5.41) is 7.07. The van der Waals surface area contributed by atoms with Crippen molar-refractivity contribution in [1.29, 1.82) is 0 Å². The minimum atomic E-state index is 0.146. The summed E-state index contributed by atoms with van der Waals surface area (Å²) in [5.74, 6) is 2.39. The molecule has 2 unspecified atom stereocenters. The molecular weight excluding hydrogens is 224 g/mol. The van der Waals surface area contributed by atoms with E-state index in [4.69, 9.17) is 0 Å². The molecule has 2 N–H and O–H groups in total. The highest BCUT2D eigenvalue weighted by Gasteiger charge is 2.58. The van der Waals surface area contributed by atoms with E-state index in [-0.39, 0.29) is 5.54 Å². The van der Waals surface area contributed by atoms with E-state index < -0.39 is 0 Å². The predicted molar refractivity (Wildman–Crippen MR) is 70.1 cm³/mol. The van der Waals surface area contributed by atoms with E-state index in [2.05, 4.69) is 17.7 Å². The molecule has 4 bridgehead atoms. The monoisotopic (exact) mass is 248 g/mol. The third kappa shape index (κ3) is 1.63. The van der Waals surface area contributed by atoms with Crippen LogP contribution in [0.25, 0.3) is 0 Å². The molecule has 0 aromatic heterocycles. The number of carbonyl (C=O) groups is 1. The summed E-state index contributed by atoms with van der Waals surface area (Å²) in [4.78, 5) is 12.2. The van der Waals surface area contributed by atoms with Gasteiger partial charge in [0.2, 0.25) is 5.91 Å². The van der Waals surface area contributed by atoms with E-state index in [1.807, 2.05) is 0 Å². The minimum Gasteiger partial charge on any atom is -0.350 e. The average molecular weight is 248 g/mol. The van der Waals surface area contributed by atoms with Crippen LogP contribution in [0.5, 0.6) is 0 Å². The Balaban J connectivity index is 1.58. The fraction of sp³-hybridized carbons (Fsp3) is 0.933. The van der Waals surface area contributed by atoms with Gasteiger partial charge in [-0.3, -0.25) is 4.79 Å². The maximum atomic E-state index is 12.2. The van der Waals surface area contributed by atoms with Crippen molar-refractivity contribution in [2.24, 2.45) is 17.8 Å². The van der Waals surface area contributed by atoms with Crippen LogP contribution >= 0.6 is 0 Å². The molecule has 2 atom stereocenters. The molecular formula is C15H24N2O. The van der Waals surface area contributed by atoms with Gasteiger partial charge in [0.25, 0.3) is 0 Å². The van der Waals surface area contributed by atoms with E-state index in [0.717, 1.165) is 24.7 Å². The van der Waals surface area contributed by atoms with Crippen molar-refractivity contribution in [2.45, 2.75) is 62.4 Å². The Morgan fingerprint density at radius 3 is 2.22 bits per heavy atom. The Morgan fingerprint density at radius 1 is 1.06 bits per heavy atom. The summed E-state index contributed by atoms with van der Waals surface area (Å²) < 4.78 is 0. The molecule has 5 aliphatic carbocycles. The first-order valence-electron chi connectivity index (χ1n) is 7.63. The first kappa shape index (κ1) is 11.3. The summed E-state index contributed by atoms with van der Waals surface area (Å²) in [7, 11) is 2.11. The SMILES string of the molecule is CNC12CC3CC(C1)CC(NC(=O)C1CC1)(C3)C2. The van der Waals surface area contributed by atoms with Crippen LogP contribution in [-0.2, 0) is 4.79 Å². The number of hydrogen-bond acceptors (Lipinski definition) is 2. The van der Waals surface area contributed by atoms with Crippen molar-refractivity contribution in [2.75, 3.05) is 7.05 Å². The number of hydrogen-bond donors (Lipinski definition) is 2. The predicted octanol–water partition coefficient (Wildman–Crippen LogP) is 1.82. The van der Waals surface area contributed by atoms with Gasteiger partial charge < -0.3 is 10.6 Å². The van der Waals surface area contributed by atoms with Crippen LogP contribution < -0.4 is 10.6 Å². The van der Waals surface area contributed by atoms with Crippen molar-refractivity contribution in [1.82, 2.24) is 10.6 Å². The normalized spacial score (nSPS) is 49.4. The first-order valence-corrected chi connectivity index (χ1v) is 7.63. The molecule has 100 valence electrons. The largest absolute Gasteiger partial charge is 0.350 e. The third-order valence-corrected chi connectivity index (χ3v) is 5.93. The highest BCUT2D eigenvalue weighted by molar-refractivity contribution is 5.81. The molecule has 3 heteroatoms. The lowest BCUT2D eigenvalue weighted by Crippen LogP contribution is -2.68. The lowest BCUT2D eigenvalue weighted by molar-refractivity contribution is -0.129. The highest BCUT2D eigenvalue weighted by atomic mass is 16.2. The molecule has 0 aromatic rings. The van der Waals surface area contributed by atoms with Crippen LogP contribution in [0, 0.1) is 17.8 Å². The Morgan fingerprint density at radius 2 is 1.67 bits per heavy atom. The maximum Gasteiger partial charge on any atom is 0.223 e. The van der Waals surface area contributed by atoms with E-state index in [1.54, 1.807) is 0 Å². The Bertz CT molecular complexity index is 374. The van der Waals surface area contributed by atoms with Gasteiger partial charge in [-0.1, -0.05) is 0 Å². The van der Waals surface area contributed by atoms with Crippen LogP contribution in [0.4, 0.5) is 0 Å². The third-order valence-electron chi connectivity index (χ3n) is 5.93. The van der Waals surface area contributed by atoms with E-state index in [9.17, 15) is 4.79 Å². The van der Waals surface area contributed by atoms with Gasteiger partial charge in [-0.25, -0.2) is 0 Å². The molecule has 18 heavy (non-hydrogen) atoms. The van der Waals surface area contributed by atoms with E-state index in [1.165, 1.54) is 38.5 Å². The molecule has 5 saturated carbocycles. The Labute approximate surface area is 109 Å². The van der Waals surface area contributed by atoms with Gasteiger partial charge in [0.15, 0.2) is 0 Å². The smallest absolute Gasteiger partial charge is 0.223 e. The lowest BCUT2D eigenvalue weighted by atomic mass is 9.50. The second kappa shape index (κ2) is 3.50. The molecule has 0 saturated heterocycles. The summed E-state index contributed by atoms with van der Waals surface area (Å²) >= 11 is 0. The zero-order chi connectivity index (χ0) is 12.4. The first-order chi connectivity index (χ1) is 8.62. The number of rotatable bonds is 3. The fourth-order valence-corrected chi connectivity index (χ4v) is 5.41. The molecule has 0 aliphatic heterocycles. The van der Waals surface area contributed by atoms with Crippen molar-refractivity contribution in [3.05, 3.63) is 0 Å². The van der Waals surface area contributed by atoms with E-state index in [0.29, 0.717) is 17.4 Å². The molecule has 0 aromatic carbocycles. The molecule has 5 rings (SSSR count). The van der Waals surface area contributed by atoms with Crippen LogP contribution in [0.2, 0.25) is 0 Å². The summed E-state index contributed by atoms with van der Waals surface area (Å²) in [6, 6.07) is 0. The van der Waals surface area contributed by atoms with Gasteiger partial charge in [-0.05, 0) is 70.3 Å². The standard InChI is InChI=1S/C15H24N2O/c1-16-14-5-10-4-11(6-14)8-15(7-10,9-14)17-13(18)12-2-3-12/h10-12,16H,2-9H2,1H3,(H,17,18). The number of carbonyl (C=O) groups excluding carboxylic acids is 1. The quantitative estimate of drug-likeness (QED) is 0.800. The second-order valence-corrected chi connectivity index (χ2v) is 7.54. The van der Waals surface area contributed by atoms with Crippen LogP contribution in [-0.4, -0.2) is 24.0 Å². The topological polar surface area (TPSA) is 41.1 Å². The van der Waals surface area contributed by atoms with Crippen LogP contribution in [0.15, 0.2) is 0 Å². The van der Waals surface area contributed by atoms with Crippen molar-refractivity contribution >= 4 is 5.91 Å². The summed E-state index contributed by atoms with van der Waals surface area (Å²) in [6.45, 7) is 0. The van der Waals surface area contributed by atoms with E-state index >= 15 is 0 Å². The average Bonchev–Trinajstić information content (AvgIpc) is 3.10. The number of nitrogens with one attached hydrogen (secondary N) is 2. The van der Waals surface area contributed by atoms with Gasteiger partial charge in [0.05, 0.1) is 0 Å². The highest BCUT2D eigenvalue weighted by Crippen LogP contribution is 2.57. The summed E-state index contributed by atoms with van der Waals surface area (Å²) in [5.41, 5.74) is 0.480. The van der Waals surface area contributed by atoms with Gasteiger partial charge in [0, 0.05) is 17.0 Å². The molecule has 0 heterocycles. The van der Waals surface area contributed by atoms with Gasteiger partial charge in [-0.2, -0.15) is 0 Å². The molecule has 0 spiro atoms. The van der Waals surface area contributed by atoms with Gasteiger partial charge >= 0.3 is 0 Å². The van der Waals surface area contributed by atoms with Crippen molar-refractivity contribution in [3.63, 3.8) is 0 Å². The Hall–Kier alpha value is -0.570. The second-order valence-electron chi connectivity index (χ2n) is 7.54. The Kier molecular flexibility index (Phi) is 2.19. The van der Waals surface area contributed by atoms with Crippen molar-refractivity contribution < 1.29 is 4.79 Å². The molecule has 1 amide bonds. The fourth-order valence-electron chi connectivity index (χ4n) is 5.41. The van der Waals surface area contributed by atoms with Crippen LogP contribution in [0.1, 0.15) is 51.4 Å². The molecule has 5 aliphatic rings. The molecule has 3 nitrogen and oxygen atoms in total. The minimum absolute atomic E-state index is 0.146. The van der Waals surface area contributed by atoms with Crippen LogP contribution in [0.3, 0.4) is 0 Å². The lowest BCUT2D eigenvalue weighted by Gasteiger charge is -2.62. The zero-order valence-electron chi connectivity index (χ0n) is 11.3. The molecule has 5 fully saturated rings. The van der Waals surface area contributed by atoms with Crippen molar-refractivity contribution in [3.8, 4) is 0 Å².